The Morgan fingerprint density at radius 2 is 1.79 bits per heavy atom. The fourth-order valence-electron chi connectivity index (χ4n) is 3.56. The second-order valence-electron chi connectivity index (χ2n) is 7.05. The van der Waals surface area contributed by atoms with Gasteiger partial charge in [-0.1, -0.05) is 37.3 Å². The van der Waals surface area contributed by atoms with Gasteiger partial charge in [-0.05, 0) is 41.8 Å². The van der Waals surface area contributed by atoms with Crippen LogP contribution in [0, 0.1) is 0 Å². The highest BCUT2D eigenvalue weighted by atomic mass is 32.2. The van der Waals surface area contributed by atoms with Gasteiger partial charge in [0, 0.05) is 22.7 Å². The molecule has 2 N–H and O–H groups in total. The Bertz CT molecular complexity index is 1130. The lowest BCUT2D eigenvalue weighted by Gasteiger charge is -2.20. The first-order valence-electron chi connectivity index (χ1n) is 8.62. The first-order valence-corrected chi connectivity index (χ1v) is 10.9. The van der Waals surface area contributed by atoms with E-state index in [2.05, 4.69) is 9.71 Å². The standard InChI is InChI=1S/C20H18N2O4S2/c1-19(15-5-3-2-4-6-15)13-20(19,18(23)24)22-28(25,26)17-8-7-16(27-17)14-9-11-21-12-10-14/h2-12,22H,13H2,1H3,(H,23,24)/t19-,20-/m1/s1. The van der Waals surface area contributed by atoms with E-state index in [4.69, 9.17) is 0 Å². The molecule has 1 saturated carbocycles. The average molecular weight is 415 g/mol. The van der Waals surface area contributed by atoms with E-state index in [9.17, 15) is 18.3 Å². The lowest BCUT2D eigenvalue weighted by atomic mass is 9.93. The smallest absolute Gasteiger partial charge is 0.325 e. The molecule has 28 heavy (non-hydrogen) atoms. The summed E-state index contributed by atoms with van der Waals surface area (Å²) in [6, 6.07) is 15.9. The molecule has 1 aliphatic carbocycles. The number of hydrogen-bond donors (Lipinski definition) is 2. The molecule has 3 aromatic rings. The molecule has 2 atom stereocenters. The van der Waals surface area contributed by atoms with Gasteiger partial charge in [0.25, 0.3) is 10.0 Å². The number of nitrogens with one attached hydrogen (secondary N) is 1. The highest BCUT2D eigenvalue weighted by Gasteiger charge is 2.72. The Morgan fingerprint density at radius 3 is 2.43 bits per heavy atom. The molecular weight excluding hydrogens is 396 g/mol. The van der Waals surface area contributed by atoms with Gasteiger partial charge in [0.2, 0.25) is 0 Å². The number of aromatic nitrogens is 1. The quantitative estimate of drug-likeness (QED) is 0.645. The lowest BCUT2D eigenvalue weighted by Crippen LogP contribution is -2.47. The number of carboxylic acids is 1. The highest BCUT2D eigenvalue weighted by Crippen LogP contribution is 2.58. The van der Waals surface area contributed by atoms with Gasteiger partial charge in [-0.3, -0.25) is 9.78 Å². The molecule has 0 spiro atoms. The van der Waals surface area contributed by atoms with Crippen molar-refractivity contribution in [3.8, 4) is 10.4 Å². The number of hydrogen-bond acceptors (Lipinski definition) is 5. The summed E-state index contributed by atoms with van der Waals surface area (Å²) < 4.78 is 28.5. The van der Waals surface area contributed by atoms with E-state index in [1.165, 1.54) is 6.07 Å². The molecule has 8 heteroatoms. The summed E-state index contributed by atoms with van der Waals surface area (Å²) in [5.41, 5.74) is -0.717. The summed E-state index contributed by atoms with van der Waals surface area (Å²) in [6.07, 6.45) is 3.47. The predicted octanol–water partition coefficient (Wildman–Crippen LogP) is 3.27. The van der Waals surface area contributed by atoms with Gasteiger partial charge >= 0.3 is 5.97 Å². The average Bonchev–Trinajstić information content (AvgIpc) is 3.06. The third-order valence-corrected chi connectivity index (χ3v) is 8.45. The normalized spacial score (nSPS) is 24.0. The summed E-state index contributed by atoms with van der Waals surface area (Å²) in [5, 5.41) is 9.86. The number of aliphatic carboxylic acids is 1. The molecule has 0 bridgehead atoms. The molecule has 1 fully saturated rings. The van der Waals surface area contributed by atoms with Crippen molar-refractivity contribution in [1.82, 2.24) is 9.71 Å². The molecule has 1 aromatic carbocycles. The van der Waals surface area contributed by atoms with Crippen LogP contribution in [0.4, 0.5) is 0 Å². The van der Waals surface area contributed by atoms with Crippen molar-refractivity contribution in [2.45, 2.75) is 28.5 Å². The zero-order chi connectivity index (χ0) is 20.0. The Balaban J connectivity index is 1.66. The van der Waals surface area contributed by atoms with E-state index in [0.29, 0.717) is 0 Å². The molecule has 2 aromatic heterocycles. The number of rotatable bonds is 6. The van der Waals surface area contributed by atoms with Gasteiger partial charge in [-0.25, -0.2) is 8.42 Å². The summed E-state index contributed by atoms with van der Waals surface area (Å²) in [7, 11) is -3.99. The van der Waals surface area contributed by atoms with E-state index in [-0.39, 0.29) is 10.6 Å². The molecule has 6 nitrogen and oxygen atoms in total. The molecule has 0 saturated heterocycles. The number of sulfonamides is 1. The zero-order valence-corrected chi connectivity index (χ0v) is 16.6. The Hall–Kier alpha value is -2.55. The number of carboxylic acid groups (broad SMARTS) is 1. The number of nitrogens with zero attached hydrogens (tertiary/aromatic N) is 1. The van der Waals surface area contributed by atoms with Crippen LogP contribution in [-0.4, -0.2) is 30.0 Å². The maximum Gasteiger partial charge on any atom is 0.325 e. The molecule has 1 aliphatic rings. The van der Waals surface area contributed by atoms with Crippen LogP contribution in [0.5, 0.6) is 0 Å². The Morgan fingerprint density at radius 1 is 1.11 bits per heavy atom. The van der Waals surface area contributed by atoms with Crippen LogP contribution in [0.25, 0.3) is 10.4 Å². The molecule has 4 rings (SSSR count). The fourth-order valence-corrected chi connectivity index (χ4v) is 6.33. The number of pyridine rings is 1. The second-order valence-corrected chi connectivity index (χ2v) is 10.0. The maximum absolute atomic E-state index is 13.0. The summed E-state index contributed by atoms with van der Waals surface area (Å²) in [6.45, 7) is 1.77. The lowest BCUT2D eigenvalue weighted by molar-refractivity contribution is -0.140. The minimum absolute atomic E-state index is 0.0854. The zero-order valence-electron chi connectivity index (χ0n) is 15.0. The molecule has 0 amide bonds. The van der Waals surface area contributed by atoms with Crippen molar-refractivity contribution in [3.63, 3.8) is 0 Å². The number of benzene rings is 1. The van der Waals surface area contributed by atoms with Crippen LogP contribution in [0.1, 0.15) is 18.9 Å². The fraction of sp³-hybridized carbons (Fsp3) is 0.200. The second kappa shape index (κ2) is 6.51. The van der Waals surface area contributed by atoms with Crippen molar-refractivity contribution in [2.75, 3.05) is 0 Å². The maximum atomic E-state index is 13.0. The molecule has 0 unspecified atom stereocenters. The van der Waals surface area contributed by atoms with E-state index in [0.717, 1.165) is 27.3 Å². The van der Waals surface area contributed by atoms with Crippen LogP contribution >= 0.6 is 11.3 Å². The van der Waals surface area contributed by atoms with Gasteiger partial charge < -0.3 is 5.11 Å². The van der Waals surface area contributed by atoms with E-state index >= 15 is 0 Å². The van der Waals surface area contributed by atoms with E-state index < -0.39 is 26.9 Å². The van der Waals surface area contributed by atoms with Crippen LogP contribution in [0.2, 0.25) is 0 Å². The molecule has 0 radical (unpaired) electrons. The summed E-state index contributed by atoms with van der Waals surface area (Å²) >= 11 is 1.10. The third kappa shape index (κ3) is 2.94. The van der Waals surface area contributed by atoms with Crippen molar-refractivity contribution >= 4 is 27.3 Å². The Kier molecular flexibility index (Phi) is 4.37. The molecule has 0 aliphatic heterocycles. The van der Waals surface area contributed by atoms with Crippen LogP contribution in [0.15, 0.2) is 71.2 Å². The molecular formula is C20H18N2O4S2. The first-order chi connectivity index (χ1) is 13.3. The van der Waals surface area contributed by atoms with E-state index in [1.807, 2.05) is 30.3 Å². The van der Waals surface area contributed by atoms with Crippen molar-refractivity contribution < 1.29 is 18.3 Å². The summed E-state index contributed by atoms with van der Waals surface area (Å²) in [5.74, 6) is -1.17. The van der Waals surface area contributed by atoms with Gasteiger partial charge in [0.05, 0.1) is 0 Å². The summed E-state index contributed by atoms with van der Waals surface area (Å²) in [4.78, 5) is 16.8. The van der Waals surface area contributed by atoms with Crippen molar-refractivity contribution in [3.05, 3.63) is 72.6 Å². The predicted molar refractivity (Wildman–Crippen MR) is 107 cm³/mol. The highest BCUT2D eigenvalue weighted by molar-refractivity contribution is 7.91. The van der Waals surface area contributed by atoms with Crippen molar-refractivity contribution in [2.24, 2.45) is 0 Å². The minimum atomic E-state index is -3.99. The van der Waals surface area contributed by atoms with Crippen LogP contribution in [0.3, 0.4) is 0 Å². The number of carbonyl (C=O) groups is 1. The Labute approximate surface area is 166 Å². The van der Waals surface area contributed by atoms with Gasteiger partial charge in [-0.2, -0.15) is 4.72 Å². The van der Waals surface area contributed by atoms with Crippen LogP contribution in [-0.2, 0) is 20.2 Å². The minimum Gasteiger partial charge on any atom is -0.480 e. The molecule has 2 heterocycles. The van der Waals surface area contributed by atoms with Gasteiger partial charge in [0.15, 0.2) is 0 Å². The SMILES string of the molecule is C[C@]1(c2ccccc2)C[C@@]1(NS(=O)(=O)c1ccc(-c2ccncc2)s1)C(=O)O. The topological polar surface area (TPSA) is 96.4 Å². The van der Waals surface area contributed by atoms with Gasteiger partial charge in [0.1, 0.15) is 9.75 Å². The number of thiophene rings is 1. The monoisotopic (exact) mass is 414 g/mol. The molecule has 144 valence electrons. The first kappa shape index (κ1) is 18.8. The van der Waals surface area contributed by atoms with Crippen LogP contribution < -0.4 is 4.72 Å². The largest absolute Gasteiger partial charge is 0.480 e. The van der Waals surface area contributed by atoms with Gasteiger partial charge in [-0.15, -0.1) is 11.3 Å². The third-order valence-electron chi connectivity index (χ3n) is 5.33. The van der Waals surface area contributed by atoms with E-state index in [1.54, 1.807) is 37.5 Å². The van der Waals surface area contributed by atoms with Crippen molar-refractivity contribution in [1.29, 1.82) is 0 Å².